The summed E-state index contributed by atoms with van der Waals surface area (Å²) in [4.78, 5) is 34.9. The molecule has 0 N–H and O–H groups in total. The van der Waals surface area contributed by atoms with Crippen molar-refractivity contribution < 1.29 is 9.59 Å². The molecule has 10 aromatic carbocycles. The Balaban J connectivity index is 1.27. The van der Waals surface area contributed by atoms with E-state index in [-0.39, 0.29) is 11.6 Å². The smallest absolute Gasteiger partial charge is 0.171 e. The molecule has 4 aliphatic carbocycles. The van der Waals surface area contributed by atoms with Gasteiger partial charge in [0.2, 0.25) is 0 Å². The van der Waals surface area contributed by atoms with Gasteiger partial charge in [0.15, 0.2) is 11.6 Å². The fourth-order valence-electron chi connectivity index (χ4n) is 13.9. The van der Waals surface area contributed by atoms with E-state index in [0.29, 0.717) is 0 Å². The molecule has 2 nitrogen and oxygen atoms in total. The summed E-state index contributed by atoms with van der Waals surface area (Å²) in [6.07, 6.45) is 0. The van der Waals surface area contributed by atoms with Crippen molar-refractivity contribution in [1.29, 1.82) is 0 Å². The van der Waals surface area contributed by atoms with E-state index >= 15 is 9.59 Å². The molecular weight excluding hydrogens is 849 g/mol. The van der Waals surface area contributed by atoms with Crippen molar-refractivity contribution in [1.82, 2.24) is 0 Å². The number of ketones is 2. The minimum Gasteiger partial charge on any atom is -0.296 e. The second-order valence-corrected chi connectivity index (χ2v) is 19.2. The Morgan fingerprint density at radius 2 is 0.457 bits per heavy atom. The number of carbonyl (C=O) groups is 2. The summed E-state index contributed by atoms with van der Waals surface area (Å²) in [6.45, 7) is 0. The zero-order valence-electron chi connectivity index (χ0n) is 38.2. The third kappa shape index (κ3) is 4.78. The highest BCUT2D eigenvalue weighted by Gasteiger charge is 2.75. The van der Waals surface area contributed by atoms with Crippen LogP contribution in [0.3, 0.4) is 0 Å². The average Bonchev–Trinajstić information content (AvgIpc) is 4.03. The van der Waals surface area contributed by atoms with E-state index in [0.717, 1.165) is 99.8 Å². The van der Waals surface area contributed by atoms with Crippen molar-refractivity contribution in [3.63, 3.8) is 0 Å². The molecule has 4 unspecified atom stereocenters. The monoisotopic (exact) mass is 892 g/mol. The summed E-state index contributed by atoms with van der Waals surface area (Å²) in [6, 6.07) is 93.1. The van der Waals surface area contributed by atoms with Gasteiger partial charge in [0.25, 0.3) is 0 Å². The molecule has 0 aliphatic heterocycles. The third-order valence-electron chi connectivity index (χ3n) is 16.2. The van der Waals surface area contributed by atoms with Crippen molar-refractivity contribution >= 4 is 44.6 Å². The standard InChI is InChI=1S/C68H44O2/c69-63-65(50-33-17-5-18-34-50)54-43-41-45-42-44-55-62(56(45)61(54)67(63,52-37-21-7-22-38-52)59(48-29-13-3-14-30-48)57(65)46-25-9-1-10-26-46)68(53-39-23-8-24-40-53)60(49-31-15-4-16-32-49)58(47-27-11-2-12-28-47)66(55,64(68)70)51-35-19-6-20-36-51/h1-44H. The maximum Gasteiger partial charge on any atom is 0.171 e. The van der Waals surface area contributed by atoms with Crippen LogP contribution < -0.4 is 0 Å². The second-order valence-electron chi connectivity index (χ2n) is 19.2. The van der Waals surface area contributed by atoms with E-state index in [4.69, 9.17) is 0 Å². The first-order valence-electron chi connectivity index (χ1n) is 24.3. The molecule has 0 heterocycles. The largest absolute Gasteiger partial charge is 0.296 e. The molecule has 14 rings (SSSR count). The molecule has 0 amide bonds. The van der Waals surface area contributed by atoms with Crippen LogP contribution in [0.4, 0.5) is 0 Å². The second kappa shape index (κ2) is 14.9. The average molecular weight is 893 g/mol. The van der Waals surface area contributed by atoms with Gasteiger partial charge >= 0.3 is 0 Å². The molecule has 0 spiro atoms. The highest BCUT2D eigenvalue weighted by Crippen LogP contribution is 2.75. The van der Waals surface area contributed by atoms with Crippen LogP contribution in [0.5, 0.6) is 0 Å². The molecule has 4 atom stereocenters. The fraction of sp³-hybridized carbons (Fsp3) is 0.0588. The summed E-state index contributed by atoms with van der Waals surface area (Å²) in [5.74, 6) is 0.194. The van der Waals surface area contributed by atoms with Gasteiger partial charge in [-0.3, -0.25) is 9.59 Å². The number of Topliss-reactive ketones (excluding diaryl/α,β-unsaturated/α-hetero) is 2. The number of hydrogen-bond donors (Lipinski definition) is 0. The SMILES string of the molecule is O=C1C2(c3ccccc3)C(c3ccccc3)=C(c3ccccc3)C1(c1ccccc1)c1c2ccc2ccc3c(c12)C1(c2ccccc2)C(=O)C3(c2ccccc2)C(c2ccccc2)=C1c1ccccc1. The normalized spacial score (nSPS) is 22.7. The molecular formula is C68H44O2. The van der Waals surface area contributed by atoms with Gasteiger partial charge < -0.3 is 0 Å². The van der Waals surface area contributed by atoms with Crippen LogP contribution in [0.15, 0.2) is 267 Å². The lowest BCUT2D eigenvalue weighted by Crippen LogP contribution is -2.38. The van der Waals surface area contributed by atoms with E-state index in [1.807, 2.05) is 36.4 Å². The number of allylic oxidation sites excluding steroid dienone is 4. The lowest BCUT2D eigenvalue weighted by molar-refractivity contribution is -0.122. The first-order valence-corrected chi connectivity index (χ1v) is 24.3. The Bertz CT molecular complexity index is 3560. The maximum absolute atomic E-state index is 17.4. The predicted molar refractivity (Wildman–Crippen MR) is 282 cm³/mol. The molecule has 0 saturated heterocycles. The Hall–Kier alpha value is -8.72. The van der Waals surface area contributed by atoms with Gasteiger partial charge in [0, 0.05) is 0 Å². The number of benzene rings is 10. The van der Waals surface area contributed by atoms with Crippen LogP contribution in [0, 0.1) is 0 Å². The van der Waals surface area contributed by atoms with Gasteiger partial charge in [0.1, 0.15) is 21.7 Å². The number of fused-ring (bicyclic) bond motifs is 13. The molecule has 4 aliphatic rings. The van der Waals surface area contributed by atoms with Crippen LogP contribution >= 0.6 is 0 Å². The van der Waals surface area contributed by atoms with Gasteiger partial charge in [-0.1, -0.05) is 267 Å². The van der Waals surface area contributed by atoms with Crippen LogP contribution in [-0.4, -0.2) is 11.6 Å². The van der Waals surface area contributed by atoms with E-state index in [2.05, 4.69) is 231 Å². The highest BCUT2D eigenvalue weighted by molar-refractivity contribution is 6.38. The number of rotatable bonds is 8. The Labute approximate surface area is 407 Å². The molecule has 328 valence electrons. The van der Waals surface area contributed by atoms with Crippen molar-refractivity contribution in [2.45, 2.75) is 21.7 Å². The van der Waals surface area contributed by atoms with Crippen molar-refractivity contribution in [3.8, 4) is 0 Å². The van der Waals surface area contributed by atoms with Crippen molar-refractivity contribution in [2.75, 3.05) is 0 Å². The van der Waals surface area contributed by atoms with Crippen LogP contribution in [0.25, 0.3) is 33.1 Å². The van der Waals surface area contributed by atoms with E-state index in [1.165, 1.54) is 0 Å². The van der Waals surface area contributed by atoms with Crippen LogP contribution in [0.2, 0.25) is 0 Å². The van der Waals surface area contributed by atoms with E-state index in [9.17, 15) is 0 Å². The van der Waals surface area contributed by atoms with Crippen LogP contribution in [0.1, 0.15) is 66.8 Å². The molecule has 4 bridgehead atoms. The zero-order valence-corrected chi connectivity index (χ0v) is 38.2. The highest BCUT2D eigenvalue weighted by atomic mass is 16.1. The Morgan fingerprint density at radius 1 is 0.229 bits per heavy atom. The van der Waals surface area contributed by atoms with E-state index in [1.54, 1.807) is 0 Å². The molecule has 0 fully saturated rings. The first-order chi connectivity index (χ1) is 34.6. The predicted octanol–water partition coefficient (Wildman–Crippen LogP) is 14.4. The zero-order chi connectivity index (χ0) is 46.7. The Morgan fingerprint density at radius 3 is 0.729 bits per heavy atom. The topological polar surface area (TPSA) is 34.1 Å². The minimum absolute atomic E-state index is 0.0972. The number of hydrogen-bond acceptors (Lipinski definition) is 2. The minimum atomic E-state index is -1.32. The molecule has 0 aromatic heterocycles. The van der Waals surface area contributed by atoms with Gasteiger partial charge in [0.05, 0.1) is 0 Å². The molecule has 0 saturated carbocycles. The molecule has 0 radical (unpaired) electrons. The van der Waals surface area contributed by atoms with Gasteiger partial charge in [-0.2, -0.15) is 0 Å². The number of carbonyl (C=O) groups excluding carboxylic acids is 2. The molecule has 70 heavy (non-hydrogen) atoms. The Kier molecular flexibility index (Phi) is 8.58. The van der Waals surface area contributed by atoms with Gasteiger partial charge in [-0.15, -0.1) is 0 Å². The first kappa shape index (κ1) is 40.4. The summed E-state index contributed by atoms with van der Waals surface area (Å²) in [7, 11) is 0. The lowest BCUT2D eigenvalue weighted by Gasteiger charge is -2.40. The van der Waals surface area contributed by atoms with E-state index < -0.39 is 21.7 Å². The quantitative estimate of drug-likeness (QED) is 0.152. The summed E-state index contributed by atoms with van der Waals surface area (Å²) >= 11 is 0. The molecule has 2 heteroatoms. The summed E-state index contributed by atoms with van der Waals surface area (Å²) in [5.41, 5.74) is 10.2. The van der Waals surface area contributed by atoms with Crippen LogP contribution in [-0.2, 0) is 31.2 Å². The third-order valence-corrected chi connectivity index (χ3v) is 16.2. The lowest BCUT2D eigenvalue weighted by atomic mass is 9.60. The van der Waals surface area contributed by atoms with Gasteiger partial charge in [-0.25, -0.2) is 0 Å². The summed E-state index contributed by atoms with van der Waals surface area (Å²) < 4.78 is 0. The van der Waals surface area contributed by atoms with Crippen molar-refractivity contribution in [2.24, 2.45) is 0 Å². The van der Waals surface area contributed by atoms with Crippen molar-refractivity contribution in [3.05, 3.63) is 334 Å². The van der Waals surface area contributed by atoms with Gasteiger partial charge in [-0.05, 0) is 99.8 Å². The maximum atomic E-state index is 17.4. The summed E-state index contributed by atoms with van der Waals surface area (Å²) in [5, 5.41) is 1.94. The molecule has 10 aromatic rings. The fourth-order valence-corrected chi connectivity index (χ4v) is 13.9.